The van der Waals surface area contributed by atoms with Gasteiger partial charge in [-0.1, -0.05) is 0 Å². The number of carbonyl (C=O) groups is 1. The number of anilines is 1. The molecule has 138 valence electrons. The van der Waals surface area contributed by atoms with Crippen molar-refractivity contribution in [2.45, 2.75) is 31.9 Å². The third-order valence-corrected chi connectivity index (χ3v) is 5.23. The van der Waals surface area contributed by atoms with Crippen LogP contribution in [0, 0.1) is 10.1 Å². The first-order valence-corrected chi connectivity index (χ1v) is 8.66. The molecule has 0 spiro atoms. The number of aryl methyl sites for hydroxylation is 1. The van der Waals surface area contributed by atoms with Crippen molar-refractivity contribution in [1.29, 1.82) is 0 Å². The number of carbonyl (C=O) groups excluding carboxylic acids is 1. The Balaban J connectivity index is 1.78. The highest BCUT2D eigenvalue weighted by Gasteiger charge is 2.33. The first-order valence-electron chi connectivity index (χ1n) is 7.78. The summed E-state index contributed by atoms with van der Waals surface area (Å²) in [6.45, 7) is 0. The Morgan fingerprint density at radius 1 is 1.23 bits per heavy atom. The molecule has 1 aromatic heterocycles. The summed E-state index contributed by atoms with van der Waals surface area (Å²) in [5, 5.41) is 12.8. The normalized spacial score (nSPS) is 13.8. The molecule has 3 rings (SSSR count). The van der Waals surface area contributed by atoms with Crippen LogP contribution in [0.15, 0.2) is 23.6 Å². The predicted octanol–water partition coefficient (Wildman–Crippen LogP) is 4.31. The lowest BCUT2D eigenvalue weighted by molar-refractivity contribution is -0.384. The van der Waals surface area contributed by atoms with Crippen LogP contribution >= 0.6 is 11.3 Å². The number of nitrogens with one attached hydrogen (secondary N) is 2. The third kappa shape index (κ3) is 3.64. The standard InChI is InChI=1S/C16H14F3N3O3S/c17-16(18,19)9-5-6-12(13(7-9)22(24)25)20-21-15(23)11-8-26-14-4-2-1-3-10(11)14/h5-8,20H,1-4H2,(H,21,23). The molecular weight excluding hydrogens is 371 g/mol. The molecule has 2 N–H and O–H groups in total. The minimum atomic E-state index is -4.69. The van der Waals surface area contributed by atoms with E-state index in [4.69, 9.17) is 0 Å². The van der Waals surface area contributed by atoms with Crippen molar-refractivity contribution in [3.63, 3.8) is 0 Å². The minimum absolute atomic E-state index is 0.222. The molecule has 0 aliphatic heterocycles. The van der Waals surface area contributed by atoms with E-state index in [0.29, 0.717) is 17.7 Å². The van der Waals surface area contributed by atoms with Gasteiger partial charge in [0.15, 0.2) is 0 Å². The molecule has 1 amide bonds. The fraction of sp³-hybridized carbons (Fsp3) is 0.312. The molecule has 26 heavy (non-hydrogen) atoms. The van der Waals surface area contributed by atoms with E-state index in [9.17, 15) is 28.1 Å². The second-order valence-corrected chi connectivity index (χ2v) is 6.79. The number of rotatable bonds is 4. The summed E-state index contributed by atoms with van der Waals surface area (Å²) in [6, 6.07) is 2.07. The van der Waals surface area contributed by atoms with Gasteiger partial charge >= 0.3 is 6.18 Å². The van der Waals surface area contributed by atoms with Gasteiger partial charge in [0, 0.05) is 16.3 Å². The molecule has 0 saturated heterocycles. The molecule has 0 atom stereocenters. The molecule has 1 heterocycles. The van der Waals surface area contributed by atoms with Crippen molar-refractivity contribution < 1.29 is 22.9 Å². The summed E-state index contributed by atoms with van der Waals surface area (Å²) in [5.41, 5.74) is 4.04. The number of hydrazine groups is 1. The Kier molecular flexibility index (Phi) is 4.86. The van der Waals surface area contributed by atoms with Gasteiger partial charge in [0.2, 0.25) is 0 Å². The molecule has 1 aliphatic rings. The van der Waals surface area contributed by atoms with Crippen molar-refractivity contribution in [2.75, 3.05) is 5.43 Å². The van der Waals surface area contributed by atoms with E-state index in [1.54, 1.807) is 5.38 Å². The molecule has 2 aromatic rings. The summed E-state index contributed by atoms with van der Waals surface area (Å²) >= 11 is 1.49. The van der Waals surface area contributed by atoms with E-state index in [1.807, 2.05) is 0 Å². The van der Waals surface area contributed by atoms with Crippen LogP contribution in [-0.4, -0.2) is 10.8 Å². The Hall–Kier alpha value is -2.62. The van der Waals surface area contributed by atoms with Crippen LogP contribution in [0.3, 0.4) is 0 Å². The number of fused-ring (bicyclic) bond motifs is 1. The maximum absolute atomic E-state index is 12.7. The van der Waals surface area contributed by atoms with Gasteiger partial charge in [0.05, 0.1) is 16.1 Å². The number of nitro benzene ring substituents is 1. The van der Waals surface area contributed by atoms with Crippen LogP contribution in [0.2, 0.25) is 0 Å². The molecule has 0 radical (unpaired) electrons. The van der Waals surface area contributed by atoms with E-state index >= 15 is 0 Å². The Morgan fingerprint density at radius 2 is 1.96 bits per heavy atom. The second kappa shape index (κ2) is 6.94. The Labute approximate surface area is 150 Å². The van der Waals surface area contributed by atoms with Crippen LogP contribution < -0.4 is 10.9 Å². The van der Waals surface area contributed by atoms with Crippen LogP contribution in [0.4, 0.5) is 24.5 Å². The van der Waals surface area contributed by atoms with Gasteiger partial charge in [-0.3, -0.25) is 25.8 Å². The SMILES string of the molecule is O=C(NNc1ccc(C(F)(F)F)cc1[N+](=O)[O-])c1csc2c1CCCC2. The smallest absolute Gasteiger partial charge is 0.292 e. The van der Waals surface area contributed by atoms with Gasteiger partial charge in [-0.15, -0.1) is 11.3 Å². The lowest BCUT2D eigenvalue weighted by atomic mass is 9.96. The zero-order valence-electron chi connectivity index (χ0n) is 13.4. The second-order valence-electron chi connectivity index (χ2n) is 5.82. The van der Waals surface area contributed by atoms with E-state index in [-0.39, 0.29) is 5.69 Å². The maximum atomic E-state index is 12.7. The number of nitro groups is 1. The summed E-state index contributed by atoms with van der Waals surface area (Å²) in [5.74, 6) is -0.474. The highest BCUT2D eigenvalue weighted by Crippen LogP contribution is 2.35. The number of halogens is 3. The number of amides is 1. The number of hydrogen-bond donors (Lipinski definition) is 2. The molecule has 1 aromatic carbocycles. The molecular formula is C16H14F3N3O3S. The Bertz CT molecular complexity index is 864. The van der Waals surface area contributed by atoms with Crippen LogP contribution in [0.25, 0.3) is 0 Å². The topological polar surface area (TPSA) is 84.3 Å². The first kappa shape index (κ1) is 18.2. The maximum Gasteiger partial charge on any atom is 0.416 e. The first-order chi connectivity index (χ1) is 12.3. The van der Waals surface area contributed by atoms with E-state index in [1.165, 1.54) is 11.3 Å². The quantitative estimate of drug-likeness (QED) is 0.607. The number of nitrogens with zero attached hydrogens (tertiary/aromatic N) is 1. The van der Waals surface area contributed by atoms with Gasteiger partial charge in [0.25, 0.3) is 11.6 Å². The summed E-state index contributed by atoms with van der Waals surface area (Å²) < 4.78 is 38.1. The molecule has 10 heteroatoms. The minimum Gasteiger partial charge on any atom is -0.292 e. The van der Waals surface area contributed by atoms with Crippen molar-refractivity contribution in [2.24, 2.45) is 0 Å². The number of thiophene rings is 1. The highest BCUT2D eigenvalue weighted by molar-refractivity contribution is 7.10. The van der Waals surface area contributed by atoms with Gasteiger partial charge in [0.1, 0.15) is 5.69 Å². The molecule has 0 unspecified atom stereocenters. The summed E-state index contributed by atoms with van der Waals surface area (Å²) in [4.78, 5) is 23.6. The third-order valence-electron chi connectivity index (χ3n) is 4.14. The van der Waals surface area contributed by atoms with Gasteiger partial charge in [-0.25, -0.2) is 0 Å². The summed E-state index contributed by atoms with van der Waals surface area (Å²) in [6.07, 6.45) is -0.915. The zero-order chi connectivity index (χ0) is 18.9. The van der Waals surface area contributed by atoms with Crippen molar-refractivity contribution in [3.05, 3.63) is 55.3 Å². The summed E-state index contributed by atoms with van der Waals surface area (Å²) in [7, 11) is 0. The fourth-order valence-electron chi connectivity index (χ4n) is 2.84. The molecule has 1 aliphatic carbocycles. The lowest BCUT2D eigenvalue weighted by Gasteiger charge is -2.14. The van der Waals surface area contributed by atoms with Gasteiger partial charge in [-0.2, -0.15) is 13.2 Å². The van der Waals surface area contributed by atoms with Crippen LogP contribution in [0.1, 0.15) is 39.2 Å². The lowest BCUT2D eigenvalue weighted by Crippen LogP contribution is -2.30. The van der Waals surface area contributed by atoms with Gasteiger partial charge < -0.3 is 0 Å². The number of alkyl halides is 3. The molecule has 0 saturated carbocycles. The monoisotopic (exact) mass is 385 g/mol. The highest BCUT2D eigenvalue weighted by atomic mass is 32.1. The van der Waals surface area contributed by atoms with Crippen molar-refractivity contribution >= 4 is 28.6 Å². The molecule has 0 fully saturated rings. The Morgan fingerprint density at radius 3 is 2.65 bits per heavy atom. The van der Waals surface area contributed by atoms with E-state index in [0.717, 1.165) is 42.2 Å². The predicted molar refractivity (Wildman–Crippen MR) is 90.1 cm³/mol. The van der Waals surface area contributed by atoms with Crippen molar-refractivity contribution in [1.82, 2.24) is 5.43 Å². The van der Waals surface area contributed by atoms with Crippen LogP contribution in [0.5, 0.6) is 0 Å². The average Bonchev–Trinajstić information content (AvgIpc) is 3.02. The van der Waals surface area contributed by atoms with E-state index in [2.05, 4.69) is 10.9 Å². The number of benzene rings is 1. The van der Waals surface area contributed by atoms with Crippen molar-refractivity contribution in [3.8, 4) is 0 Å². The average molecular weight is 385 g/mol. The zero-order valence-corrected chi connectivity index (χ0v) is 14.2. The number of hydrogen-bond acceptors (Lipinski definition) is 5. The fourth-order valence-corrected chi connectivity index (χ4v) is 3.97. The molecule has 6 nitrogen and oxygen atoms in total. The van der Waals surface area contributed by atoms with Crippen LogP contribution in [-0.2, 0) is 19.0 Å². The largest absolute Gasteiger partial charge is 0.416 e. The van der Waals surface area contributed by atoms with E-state index < -0.39 is 28.3 Å². The molecule has 0 bridgehead atoms. The van der Waals surface area contributed by atoms with Gasteiger partial charge in [-0.05, 0) is 43.4 Å².